The van der Waals surface area contributed by atoms with Crippen LogP contribution in [0, 0.1) is 5.92 Å². The van der Waals surface area contributed by atoms with Gasteiger partial charge in [-0.15, -0.1) is 0 Å². The van der Waals surface area contributed by atoms with Crippen molar-refractivity contribution in [1.29, 1.82) is 0 Å². The first-order valence-corrected chi connectivity index (χ1v) is 7.07. The lowest BCUT2D eigenvalue weighted by atomic mass is 9.71. The van der Waals surface area contributed by atoms with Crippen LogP contribution in [-0.4, -0.2) is 41.0 Å². The molecule has 0 bridgehead atoms. The summed E-state index contributed by atoms with van der Waals surface area (Å²) in [5.41, 5.74) is -0.872. The summed E-state index contributed by atoms with van der Waals surface area (Å²) in [6, 6.07) is -0.534. The Morgan fingerprint density at radius 3 is 2.45 bits per heavy atom. The normalized spacial score (nSPS) is 28.6. The molecule has 2 rings (SSSR count). The number of nitrogens with one attached hydrogen (secondary N) is 1. The van der Waals surface area contributed by atoms with Crippen LogP contribution in [0.3, 0.4) is 0 Å². The monoisotopic (exact) mass is 285 g/mol. The summed E-state index contributed by atoms with van der Waals surface area (Å²) < 4.78 is 11.0. The van der Waals surface area contributed by atoms with Crippen molar-refractivity contribution in [2.24, 2.45) is 5.92 Å². The van der Waals surface area contributed by atoms with Crippen LogP contribution in [0.2, 0.25) is 0 Å². The van der Waals surface area contributed by atoms with Crippen molar-refractivity contribution in [3.8, 4) is 0 Å². The van der Waals surface area contributed by atoms with Gasteiger partial charge in [0.05, 0.1) is 24.2 Å². The van der Waals surface area contributed by atoms with E-state index >= 15 is 0 Å². The number of ether oxygens (including phenoxy) is 2. The van der Waals surface area contributed by atoms with Gasteiger partial charge in [-0.3, -0.25) is 4.79 Å². The predicted molar refractivity (Wildman–Crippen MR) is 71.4 cm³/mol. The maximum Gasteiger partial charge on any atom is 0.407 e. The first-order valence-electron chi connectivity index (χ1n) is 7.07. The van der Waals surface area contributed by atoms with Gasteiger partial charge >= 0.3 is 12.1 Å². The summed E-state index contributed by atoms with van der Waals surface area (Å²) in [5, 5.41) is 12.0. The van der Waals surface area contributed by atoms with Crippen LogP contribution in [0.25, 0.3) is 0 Å². The molecule has 0 aromatic carbocycles. The lowest BCUT2D eigenvalue weighted by Crippen LogP contribution is -2.58. The molecule has 1 heterocycles. The Bertz CT molecular complexity index is 397. The van der Waals surface area contributed by atoms with Crippen molar-refractivity contribution in [3.63, 3.8) is 0 Å². The van der Waals surface area contributed by atoms with Crippen LogP contribution in [0.4, 0.5) is 4.79 Å². The Morgan fingerprint density at radius 1 is 1.35 bits per heavy atom. The van der Waals surface area contributed by atoms with E-state index in [9.17, 15) is 14.7 Å². The minimum Gasteiger partial charge on any atom is -0.481 e. The Kier molecular flexibility index (Phi) is 3.95. The van der Waals surface area contributed by atoms with Gasteiger partial charge in [-0.25, -0.2) is 4.79 Å². The molecule has 1 saturated carbocycles. The van der Waals surface area contributed by atoms with Gasteiger partial charge < -0.3 is 19.9 Å². The van der Waals surface area contributed by atoms with E-state index in [4.69, 9.17) is 9.47 Å². The predicted octanol–water partition coefficient (Wildman–Crippen LogP) is 1.92. The molecular formula is C14H23NO5. The van der Waals surface area contributed by atoms with E-state index in [2.05, 4.69) is 5.32 Å². The first-order chi connectivity index (χ1) is 9.21. The molecule has 114 valence electrons. The molecule has 1 amide bonds. The smallest absolute Gasteiger partial charge is 0.407 e. The maximum absolute atomic E-state index is 11.8. The lowest BCUT2D eigenvalue weighted by molar-refractivity contribution is -0.174. The standard InChI is InChI=1S/C14H23NO5/c1-13(2,3)20-12(18)15-10-8-19-14(5-4-6-14)7-9(10)11(16)17/h9-10H,4-8H2,1-3H3,(H,15,18)(H,16,17). The summed E-state index contributed by atoms with van der Waals surface area (Å²) >= 11 is 0. The highest BCUT2D eigenvalue weighted by Gasteiger charge is 2.48. The van der Waals surface area contributed by atoms with Gasteiger partial charge in [-0.1, -0.05) is 0 Å². The molecule has 1 spiro atoms. The molecular weight excluding hydrogens is 262 g/mol. The van der Waals surface area contributed by atoms with Gasteiger partial charge in [0, 0.05) is 0 Å². The second-order valence-corrected chi connectivity index (χ2v) is 6.75. The second kappa shape index (κ2) is 5.24. The molecule has 0 aromatic rings. The van der Waals surface area contributed by atoms with Gasteiger partial charge in [0.25, 0.3) is 0 Å². The van der Waals surface area contributed by atoms with Crippen LogP contribution < -0.4 is 5.32 Å². The van der Waals surface area contributed by atoms with Crippen LogP contribution >= 0.6 is 0 Å². The first kappa shape index (κ1) is 15.1. The van der Waals surface area contributed by atoms with Crippen molar-refractivity contribution in [3.05, 3.63) is 0 Å². The Balaban J connectivity index is 1.96. The largest absolute Gasteiger partial charge is 0.481 e. The van der Waals surface area contributed by atoms with Crippen molar-refractivity contribution in [2.45, 2.75) is 63.7 Å². The van der Waals surface area contributed by atoms with E-state index in [1.807, 2.05) is 0 Å². The number of carbonyl (C=O) groups is 2. The zero-order valence-corrected chi connectivity index (χ0v) is 12.3. The van der Waals surface area contributed by atoms with Crippen molar-refractivity contribution in [2.75, 3.05) is 6.61 Å². The Hall–Kier alpha value is -1.30. The van der Waals surface area contributed by atoms with Crippen LogP contribution in [0.5, 0.6) is 0 Å². The van der Waals surface area contributed by atoms with Gasteiger partial charge in [-0.2, -0.15) is 0 Å². The van der Waals surface area contributed by atoms with E-state index < -0.39 is 29.6 Å². The zero-order valence-electron chi connectivity index (χ0n) is 12.3. The summed E-state index contributed by atoms with van der Waals surface area (Å²) in [6.45, 7) is 5.53. The lowest BCUT2D eigenvalue weighted by Gasteiger charge is -2.48. The summed E-state index contributed by atoms with van der Waals surface area (Å²) in [6.07, 6.45) is 2.77. The number of hydrogen-bond acceptors (Lipinski definition) is 4. The van der Waals surface area contributed by atoms with E-state index in [1.165, 1.54) is 0 Å². The highest BCUT2D eigenvalue weighted by molar-refractivity contribution is 5.74. The topological polar surface area (TPSA) is 84.9 Å². The van der Waals surface area contributed by atoms with E-state index in [0.717, 1.165) is 19.3 Å². The fraction of sp³-hybridized carbons (Fsp3) is 0.857. The highest BCUT2D eigenvalue weighted by atomic mass is 16.6. The van der Waals surface area contributed by atoms with E-state index in [1.54, 1.807) is 20.8 Å². The number of carbonyl (C=O) groups excluding carboxylic acids is 1. The van der Waals surface area contributed by atoms with E-state index in [0.29, 0.717) is 6.42 Å². The van der Waals surface area contributed by atoms with Gasteiger partial charge in [0.2, 0.25) is 0 Å². The number of carboxylic acid groups (broad SMARTS) is 1. The molecule has 0 radical (unpaired) electrons. The number of carboxylic acids is 1. The van der Waals surface area contributed by atoms with Crippen molar-refractivity contribution in [1.82, 2.24) is 5.32 Å². The number of hydrogen-bond donors (Lipinski definition) is 2. The Labute approximate surface area is 118 Å². The Morgan fingerprint density at radius 2 is 2.00 bits per heavy atom. The van der Waals surface area contributed by atoms with Crippen LogP contribution in [-0.2, 0) is 14.3 Å². The van der Waals surface area contributed by atoms with Gasteiger partial charge in [0.15, 0.2) is 0 Å². The minimum absolute atomic E-state index is 0.232. The average Bonchev–Trinajstić information content (AvgIpc) is 2.24. The summed E-state index contributed by atoms with van der Waals surface area (Å²) in [4.78, 5) is 23.2. The van der Waals surface area contributed by atoms with Crippen molar-refractivity contribution < 1.29 is 24.2 Å². The third-order valence-corrected chi connectivity index (χ3v) is 3.93. The highest BCUT2D eigenvalue weighted by Crippen LogP contribution is 2.44. The zero-order chi connectivity index (χ0) is 15.0. The van der Waals surface area contributed by atoms with Gasteiger partial charge in [-0.05, 0) is 46.5 Å². The molecule has 1 aliphatic carbocycles. The molecule has 6 nitrogen and oxygen atoms in total. The third kappa shape index (κ3) is 3.42. The SMILES string of the molecule is CC(C)(C)OC(=O)NC1COC2(CCC2)CC1C(=O)O. The van der Waals surface area contributed by atoms with Crippen molar-refractivity contribution >= 4 is 12.1 Å². The molecule has 1 aliphatic heterocycles. The second-order valence-electron chi connectivity index (χ2n) is 6.75. The molecule has 6 heteroatoms. The van der Waals surface area contributed by atoms with Crippen LogP contribution in [0.15, 0.2) is 0 Å². The van der Waals surface area contributed by atoms with Crippen LogP contribution in [0.1, 0.15) is 46.5 Å². The molecule has 1 saturated heterocycles. The maximum atomic E-state index is 11.8. The summed E-state index contributed by atoms with van der Waals surface area (Å²) in [7, 11) is 0. The summed E-state index contributed by atoms with van der Waals surface area (Å²) in [5.74, 6) is -1.50. The molecule has 2 fully saturated rings. The number of alkyl carbamates (subject to hydrolysis) is 1. The molecule has 2 N–H and O–H groups in total. The minimum atomic E-state index is -0.888. The molecule has 2 aliphatic rings. The number of rotatable bonds is 2. The molecule has 20 heavy (non-hydrogen) atoms. The third-order valence-electron chi connectivity index (χ3n) is 3.93. The fourth-order valence-electron chi connectivity index (χ4n) is 2.76. The fourth-order valence-corrected chi connectivity index (χ4v) is 2.76. The number of amides is 1. The molecule has 0 aromatic heterocycles. The van der Waals surface area contributed by atoms with Gasteiger partial charge in [0.1, 0.15) is 5.60 Å². The molecule has 2 unspecified atom stereocenters. The molecule has 2 atom stereocenters. The average molecular weight is 285 g/mol. The number of aliphatic carboxylic acids is 1. The quantitative estimate of drug-likeness (QED) is 0.809. The van der Waals surface area contributed by atoms with E-state index in [-0.39, 0.29) is 12.2 Å².